The molecular formula is C11H16O. The molecule has 5 aliphatic carbocycles. The molecule has 0 aromatic rings. The summed E-state index contributed by atoms with van der Waals surface area (Å²) in [7, 11) is 0. The van der Waals surface area contributed by atoms with Crippen LogP contribution < -0.4 is 0 Å². The third-order valence-corrected chi connectivity index (χ3v) is 4.77. The van der Waals surface area contributed by atoms with Gasteiger partial charge in [0.2, 0.25) is 0 Å². The lowest BCUT2D eigenvalue weighted by molar-refractivity contribution is -0.191. The van der Waals surface area contributed by atoms with Crippen LogP contribution in [0.25, 0.3) is 0 Å². The minimum atomic E-state index is 0.121. The van der Waals surface area contributed by atoms with Crippen molar-refractivity contribution in [3.8, 4) is 0 Å². The Hall–Kier alpha value is -0.330. The number of rotatable bonds is 0. The van der Waals surface area contributed by atoms with Crippen molar-refractivity contribution in [1.82, 2.24) is 0 Å². The molecule has 0 aliphatic heterocycles. The van der Waals surface area contributed by atoms with Crippen molar-refractivity contribution < 1.29 is 4.79 Å². The molecule has 0 unspecified atom stereocenters. The summed E-state index contributed by atoms with van der Waals surface area (Å²) in [5.41, 5.74) is 0.651. The average molecular weight is 164 g/mol. The standard InChI is InChI=1S/C11H16O/c1-10-4-3-8-7(5-10)9(12)11(8,2)6-10/h7-8H,3-6H2,1-2H3/t7-,8+,10+,11+/m0/s1. The maximum atomic E-state index is 11.7. The van der Waals surface area contributed by atoms with E-state index in [0.717, 1.165) is 5.92 Å². The molecular weight excluding hydrogens is 148 g/mol. The summed E-state index contributed by atoms with van der Waals surface area (Å²) in [5.74, 6) is 1.83. The maximum absolute atomic E-state index is 11.7. The maximum Gasteiger partial charge on any atom is 0.142 e. The number of carbonyl (C=O) groups excluding carboxylic acids is 1. The molecule has 0 heterocycles. The van der Waals surface area contributed by atoms with Gasteiger partial charge >= 0.3 is 0 Å². The van der Waals surface area contributed by atoms with E-state index in [1.165, 1.54) is 25.7 Å². The minimum absolute atomic E-state index is 0.121. The third-order valence-electron chi connectivity index (χ3n) is 4.77. The smallest absolute Gasteiger partial charge is 0.142 e. The predicted octanol–water partition coefficient (Wildman–Crippen LogP) is 2.40. The number of carbonyl (C=O) groups is 1. The lowest BCUT2D eigenvalue weighted by Crippen LogP contribution is -2.66. The van der Waals surface area contributed by atoms with Gasteiger partial charge < -0.3 is 0 Å². The van der Waals surface area contributed by atoms with Gasteiger partial charge in [-0.1, -0.05) is 13.8 Å². The van der Waals surface area contributed by atoms with Crippen molar-refractivity contribution in [2.24, 2.45) is 22.7 Å². The molecule has 66 valence electrons. The Labute approximate surface area is 73.5 Å². The van der Waals surface area contributed by atoms with E-state index < -0.39 is 0 Å². The molecule has 1 nitrogen and oxygen atoms in total. The highest BCUT2D eigenvalue weighted by Crippen LogP contribution is 2.69. The molecule has 0 radical (unpaired) electrons. The van der Waals surface area contributed by atoms with Crippen LogP contribution >= 0.6 is 0 Å². The lowest BCUT2D eigenvalue weighted by Gasteiger charge is -2.66. The second kappa shape index (κ2) is 1.64. The lowest BCUT2D eigenvalue weighted by atomic mass is 9.36. The molecule has 4 bridgehead atoms. The van der Waals surface area contributed by atoms with Gasteiger partial charge in [-0.25, -0.2) is 0 Å². The summed E-state index contributed by atoms with van der Waals surface area (Å²) in [6.45, 7) is 4.58. The van der Waals surface area contributed by atoms with E-state index >= 15 is 0 Å². The molecule has 0 saturated heterocycles. The molecule has 5 rings (SSSR count). The van der Waals surface area contributed by atoms with E-state index in [4.69, 9.17) is 0 Å². The molecule has 5 saturated carbocycles. The van der Waals surface area contributed by atoms with Crippen LogP contribution in [-0.2, 0) is 4.79 Å². The van der Waals surface area contributed by atoms with E-state index in [1.54, 1.807) is 0 Å². The Balaban J connectivity index is 2.05. The summed E-state index contributed by atoms with van der Waals surface area (Å²) < 4.78 is 0. The molecule has 1 heteroatoms. The van der Waals surface area contributed by atoms with E-state index in [0.29, 0.717) is 17.1 Å². The van der Waals surface area contributed by atoms with Crippen molar-refractivity contribution in [2.75, 3.05) is 0 Å². The van der Waals surface area contributed by atoms with Gasteiger partial charge in [0.05, 0.1) is 0 Å². The fourth-order valence-electron chi connectivity index (χ4n) is 4.29. The van der Waals surface area contributed by atoms with Crippen LogP contribution in [0.2, 0.25) is 0 Å². The zero-order chi connectivity index (χ0) is 8.56. The van der Waals surface area contributed by atoms with Gasteiger partial charge in [-0.2, -0.15) is 0 Å². The van der Waals surface area contributed by atoms with Crippen LogP contribution in [0.5, 0.6) is 0 Å². The Kier molecular flexibility index (Phi) is 0.971. The van der Waals surface area contributed by atoms with Crippen LogP contribution in [0.4, 0.5) is 0 Å². The number of fused-ring (bicyclic) bond motifs is 1. The Morgan fingerprint density at radius 1 is 1.42 bits per heavy atom. The summed E-state index contributed by atoms with van der Waals surface area (Å²) in [4.78, 5) is 11.7. The van der Waals surface area contributed by atoms with Crippen molar-refractivity contribution >= 4 is 5.78 Å². The van der Waals surface area contributed by atoms with Crippen molar-refractivity contribution in [3.05, 3.63) is 0 Å². The van der Waals surface area contributed by atoms with Gasteiger partial charge in [0, 0.05) is 11.3 Å². The highest BCUT2D eigenvalue weighted by molar-refractivity contribution is 5.94. The summed E-state index contributed by atoms with van der Waals surface area (Å²) in [5, 5.41) is 0. The highest BCUT2D eigenvalue weighted by Gasteiger charge is 2.67. The number of hydrogen-bond donors (Lipinski definition) is 0. The van der Waals surface area contributed by atoms with E-state index in [-0.39, 0.29) is 5.41 Å². The highest BCUT2D eigenvalue weighted by atomic mass is 16.1. The van der Waals surface area contributed by atoms with Crippen molar-refractivity contribution in [3.63, 3.8) is 0 Å². The Bertz CT molecular complexity index is 270. The molecule has 0 amide bonds. The number of ketones is 1. The van der Waals surface area contributed by atoms with Crippen LogP contribution in [0.3, 0.4) is 0 Å². The van der Waals surface area contributed by atoms with Crippen LogP contribution in [-0.4, -0.2) is 5.78 Å². The first-order valence-corrected chi connectivity index (χ1v) is 5.10. The summed E-state index contributed by atoms with van der Waals surface area (Å²) in [6, 6.07) is 0. The molecule has 5 aliphatic rings. The van der Waals surface area contributed by atoms with Crippen molar-refractivity contribution in [1.29, 1.82) is 0 Å². The van der Waals surface area contributed by atoms with E-state index in [2.05, 4.69) is 13.8 Å². The molecule has 5 fully saturated rings. The van der Waals surface area contributed by atoms with Crippen LogP contribution in [0, 0.1) is 22.7 Å². The van der Waals surface area contributed by atoms with Gasteiger partial charge in [0.25, 0.3) is 0 Å². The Morgan fingerprint density at radius 3 is 2.67 bits per heavy atom. The van der Waals surface area contributed by atoms with E-state index in [9.17, 15) is 4.79 Å². The summed E-state index contributed by atoms with van der Waals surface area (Å²) in [6.07, 6.45) is 5.08. The first-order valence-electron chi connectivity index (χ1n) is 5.10. The molecule has 12 heavy (non-hydrogen) atoms. The quantitative estimate of drug-likeness (QED) is 0.537. The fraction of sp³-hybridized carbons (Fsp3) is 0.909. The van der Waals surface area contributed by atoms with Gasteiger partial charge in [-0.15, -0.1) is 0 Å². The average Bonchev–Trinajstić information content (AvgIpc) is 2.02. The normalized spacial score (nSPS) is 61.7. The van der Waals surface area contributed by atoms with Crippen molar-refractivity contribution in [2.45, 2.75) is 39.5 Å². The van der Waals surface area contributed by atoms with Crippen LogP contribution in [0.1, 0.15) is 39.5 Å². The zero-order valence-electron chi connectivity index (χ0n) is 7.89. The minimum Gasteiger partial charge on any atom is -0.299 e. The number of Topliss-reactive ketones (excluding diaryl/α,β-unsaturated/α-hetero) is 1. The van der Waals surface area contributed by atoms with Gasteiger partial charge in [-0.3, -0.25) is 4.79 Å². The van der Waals surface area contributed by atoms with E-state index in [1.807, 2.05) is 0 Å². The fourth-order valence-corrected chi connectivity index (χ4v) is 4.29. The molecule has 0 spiro atoms. The van der Waals surface area contributed by atoms with Crippen LogP contribution in [0.15, 0.2) is 0 Å². The second-order valence-electron chi connectivity index (χ2n) is 5.72. The molecule has 0 N–H and O–H groups in total. The monoisotopic (exact) mass is 164 g/mol. The second-order valence-corrected chi connectivity index (χ2v) is 5.72. The first-order chi connectivity index (χ1) is 5.55. The Morgan fingerprint density at radius 2 is 2.17 bits per heavy atom. The molecule has 0 aromatic heterocycles. The van der Waals surface area contributed by atoms with Gasteiger partial charge in [-0.05, 0) is 37.0 Å². The number of hydrogen-bond acceptors (Lipinski definition) is 1. The predicted molar refractivity (Wildman–Crippen MR) is 46.7 cm³/mol. The molecule has 4 atom stereocenters. The third kappa shape index (κ3) is 0.541. The van der Waals surface area contributed by atoms with Gasteiger partial charge in [0.1, 0.15) is 5.78 Å². The topological polar surface area (TPSA) is 17.1 Å². The zero-order valence-corrected chi connectivity index (χ0v) is 7.89. The first kappa shape index (κ1) is 7.11. The molecule has 0 aromatic carbocycles. The largest absolute Gasteiger partial charge is 0.299 e. The van der Waals surface area contributed by atoms with Gasteiger partial charge in [0.15, 0.2) is 0 Å². The SMILES string of the molecule is C[C@@]12CC[C@@H]3[C@H](C1)C(=O)[C@]3(C)C2. The summed E-state index contributed by atoms with van der Waals surface area (Å²) >= 11 is 0.